The van der Waals surface area contributed by atoms with E-state index < -0.39 is 0 Å². The van der Waals surface area contributed by atoms with Gasteiger partial charge in [0.05, 0.1) is 26.6 Å². The van der Waals surface area contributed by atoms with Crippen molar-refractivity contribution in [2.24, 2.45) is 0 Å². The summed E-state index contributed by atoms with van der Waals surface area (Å²) in [4.78, 5) is 0. The predicted molar refractivity (Wildman–Crippen MR) is 37.2 cm³/mol. The van der Waals surface area contributed by atoms with Crippen molar-refractivity contribution >= 4 is 0 Å². The van der Waals surface area contributed by atoms with Gasteiger partial charge in [0.2, 0.25) is 0 Å². The first kappa shape index (κ1) is 6.90. The molecule has 1 N–H and O–H groups in total. The zero-order valence-corrected chi connectivity index (χ0v) is 5.89. The molecular weight excluding hydrogens is 114 g/mol. The summed E-state index contributed by atoms with van der Waals surface area (Å²) in [6.45, 7) is 7.04. The number of hydrogen-bond acceptors (Lipinski definition) is 2. The summed E-state index contributed by atoms with van der Waals surface area (Å²) in [5.74, 6) is 0. The molecule has 2 atom stereocenters. The Bertz CT molecular complexity index is 67.0. The smallest absolute Gasteiger partial charge is 0.0746 e. The van der Waals surface area contributed by atoms with Gasteiger partial charge in [0.25, 0.3) is 0 Å². The van der Waals surface area contributed by atoms with Gasteiger partial charge in [-0.3, -0.25) is 0 Å². The van der Waals surface area contributed by atoms with Crippen LogP contribution in [0.4, 0.5) is 0 Å². The van der Waals surface area contributed by atoms with Crippen molar-refractivity contribution in [1.29, 1.82) is 0 Å². The molecule has 2 saturated heterocycles. The molecule has 2 aliphatic heterocycles. The van der Waals surface area contributed by atoms with Crippen LogP contribution in [0.25, 0.3) is 0 Å². The number of morpholine rings is 1. The second-order valence-electron chi connectivity index (χ2n) is 2.30. The van der Waals surface area contributed by atoms with E-state index in [1.165, 1.54) is 6.42 Å². The maximum absolute atomic E-state index is 5.29. The molecule has 0 amide bonds. The molecule has 0 aliphatic carbocycles. The highest BCUT2D eigenvalue weighted by Gasteiger charge is 2.31. The van der Waals surface area contributed by atoms with Crippen LogP contribution >= 0.6 is 0 Å². The SMILES string of the molecule is C1OC2CNC1C2.[CH2+]C. The molecule has 0 aromatic heterocycles. The lowest BCUT2D eigenvalue weighted by Gasteiger charge is -2.09. The number of ether oxygens (including phenoxy) is 1. The fourth-order valence-electron chi connectivity index (χ4n) is 1.29. The molecule has 2 rings (SSSR count). The van der Waals surface area contributed by atoms with Crippen LogP contribution in [-0.2, 0) is 4.74 Å². The molecule has 2 heteroatoms. The van der Waals surface area contributed by atoms with Crippen LogP contribution < -0.4 is 5.32 Å². The predicted octanol–water partition coefficient (Wildman–Crippen LogP) is 0.587. The molecule has 0 aromatic carbocycles. The fourth-order valence-corrected chi connectivity index (χ4v) is 1.29. The van der Waals surface area contributed by atoms with E-state index in [-0.39, 0.29) is 0 Å². The lowest BCUT2D eigenvalue weighted by molar-refractivity contribution is 0.0892. The quantitative estimate of drug-likeness (QED) is 0.482. The lowest BCUT2D eigenvalue weighted by Crippen LogP contribution is -2.30. The number of nitrogens with one attached hydrogen (secondary N) is 1. The summed E-state index contributed by atoms with van der Waals surface area (Å²) in [6.07, 6.45) is 1.81. The molecule has 0 saturated carbocycles. The Morgan fingerprint density at radius 3 is 2.44 bits per heavy atom. The van der Waals surface area contributed by atoms with Crippen LogP contribution in [-0.4, -0.2) is 25.3 Å². The summed E-state index contributed by atoms with van der Waals surface area (Å²) in [7, 11) is 0. The highest BCUT2D eigenvalue weighted by molar-refractivity contribution is 4.87. The minimum Gasteiger partial charge on any atom is -0.375 e. The van der Waals surface area contributed by atoms with Gasteiger partial charge < -0.3 is 10.1 Å². The van der Waals surface area contributed by atoms with Gasteiger partial charge >= 0.3 is 0 Å². The monoisotopic (exact) mass is 128 g/mol. The van der Waals surface area contributed by atoms with Crippen molar-refractivity contribution in [3.8, 4) is 0 Å². The van der Waals surface area contributed by atoms with Gasteiger partial charge in [-0.1, -0.05) is 0 Å². The molecule has 52 valence electrons. The maximum Gasteiger partial charge on any atom is 0.0746 e. The molecule has 2 unspecified atom stereocenters. The maximum atomic E-state index is 5.29. The van der Waals surface area contributed by atoms with Gasteiger partial charge in [-0.25, -0.2) is 0 Å². The van der Waals surface area contributed by atoms with Crippen LogP contribution in [0.3, 0.4) is 0 Å². The Hall–Kier alpha value is -0.210. The molecule has 2 fully saturated rings. The molecular formula is C7H14NO+. The van der Waals surface area contributed by atoms with E-state index in [1.807, 2.05) is 0 Å². The first-order valence-corrected chi connectivity index (χ1v) is 3.51. The number of rotatable bonds is 0. The van der Waals surface area contributed by atoms with Crippen molar-refractivity contribution in [2.75, 3.05) is 13.2 Å². The lowest BCUT2D eigenvalue weighted by atomic mass is 10.3. The largest absolute Gasteiger partial charge is 0.375 e. The molecule has 2 bridgehead atoms. The Morgan fingerprint density at radius 2 is 2.33 bits per heavy atom. The van der Waals surface area contributed by atoms with Crippen LogP contribution in [0.5, 0.6) is 0 Å². The molecule has 0 spiro atoms. The van der Waals surface area contributed by atoms with Gasteiger partial charge in [0, 0.05) is 12.6 Å². The van der Waals surface area contributed by atoms with Crippen molar-refractivity contribution in [3.05, 3.63) is 6.92 Å². The van der Waals surface area contributed by atoms with E-state index in [1.54, 1.807) is 6.92 Å². The third-order valence-corrected chi connectivity index (χ3v) is 1.71. The Balaban J connectivity index is 0.000000186. The highest BCUT2D eigenvalue weighted by atomic mass is 16.5. The van der Waals surface area contributed by atoms with E-state index in [0.29, 0.717) is 12.1 Å². The van der Waals surface area contributed by atoms with Crippen LogP contribution in [0, 0.1) is 6.92 Å². The average molecular weight is 128 g/mol. The van der Waals surface area contributed by atoms with Crippen molar-refractivity contribution < 1.29 is 4.74 Å². The van der Waals surface area contributed by atoms with Crippen LogP contribution in [0.1, 0.15) is 13.3 Å². The second kappa shape index (κ2) is 3.08. The third-order valence-electron chi connectivity index (χ3n) is 1.71. The van der Waals surface area contributed by atoms with E-state index in [0.717, 1.165) is 13.2 Å². The number of hydrogen-bond donors (Lipinski definition) is 1. The standard InChI is InChI=1S/C5H9NO.C2H5/c1-4-3-7-5(1)2-6-4;1-2/h4-6H,1-3H2;1H2,2H3/q;+1. The topological polar surface area (TPSA) is 21.3 Å². The molecule has 2 aliphatic rings. The van der Waals surface area contributed by atoms with E-state index in [9.17, 15) is 0 Å². The summed E-state index contributed by atoms with van der Waals surface area (Å²) in [5, 5.41) is 3.33. The summed E-state index contributed by atoms with van der Waals surface area (Å²) >= 11 is 0. The van der Waals surface area contributed by atoms with Crippen molar-refractivity contribution in [3.63, 3.8) is 0 Å². The Morgan fingerprint density at radius 1 is 1.56 bits per heavy atom. The summed E-state index contributed by atoms with van der Waals surface area (Å²) < 4.78 is 5.29. The normalized spacial score (nSPS) is 37.9. The van der Waals surface area contributed by atoms with Gasteiger partial charge in [-0.15, -0.1) is 0 Å². The highest BCUT2D eigenvalue weighted by Crippen LogP contribution is 2.17. The zero-order chi connectivity index (χ0) is 6.69. The van der Waals surface area contributed by atoms with Gasteiger partial charge in [-0.05, 0) is 6.42 Å². The molecule has 0 radical (unpaired) electrons. The summed E-state index contributed by atoms with van der Waals surface area (Å²) in [5.41, 5.74) is 0. The average Bonchev–Trinajstić information content (AvgIpc) is 2.53. The van der Waals surface area contributed by atoms with Crippen molar-refractivity contribution in [1.82, 2.24) is 5.32 Å². The number of fused-ring (bicyclic) bond motifs is 2. The molecule has 0 aromatic rings. The zero-order valence-electron chi connectivity index (χ0n) is 5.89. The molecule has 2 heterocycles. The van der Waals surface area contributed by atoms with Crippen LogP contribution in [0.15, 0.2) is 0 Å². The van der Waals surface area contributed by atoms with E-state index >= 15 is 0 Å². The van der Waals surface area contributed by atoms with Crippen molar-refractivity contribution in [2.45, 2.75) is 25.5 Å². The minimum absolute atomic E-state index is 0.560. The first-order valence-electron chi connectivity index (χ1n) is 3.51. The van der Waals surface area contributed by atoms with E-state index in [2.05, 4.69) is 12.2 Å². The second-order valence-corrected chi connectivity index (χ2v) is 2.30. The molecule has 9 heavy (non-hydrogen) atoms. The Labute approximate surface area is 56.6 Å². The first-order chi connectivity index (χ1) is 4.45. The minimum atomic E-state index is 0.560. The van der Waals surface area contributed by atoms with E-state index in [4.69, 9.17) is 4.74 Å². The van der Waals surface area contributed by atoms with Gasteiger partial charge in [0.1, 0.15) is 0 Å². The van der Waals surface area contributed by atoms with Gasteiger partial charge in [-0.2, -0.15) is 0 Å². The fraction of sp³-hybridized carbons (Fsp3) is 0.857. The van der Waals surface area contributed by atoms with Gasteiger partial charge in [0.15, 0.2) is 0 Å². The third kappa shape index (κ3) is 1.37. The Kier molecular flexibility index (Phi) is 2.37. The summed E-state index contributed by atoms with van der Waals surface area (Å²) in [6, 6.07) is 0.699. The van der Waals surface area contributed by atoms with Crippen LogP contribution in [0.2, 0.25) is 0 Å². The molecule has 2 nitrogen and oxygen atoms in total.